The number of fused-ring (bicyclic) bond motifs is 1. The molecule has 1 atom stereocenters. The highest BCUT2D eigenvalue weighted by Crippen LogP contribution is 2.26. The van der Waals surface area contributed by atoms with Gasteiger partial charge in [0.15, 0.2) is 5.69 Å². The molecule has 1 aliphatic carbocycles. The number of aromatic nitrogens is 2. The smallest absolute Gasteiger partial charge is 0.274 e. The first-order chi connectivity index (χ1) is 14.2. The first-order valence-electron chi connectivity index (χ1n) is 10.6. The van der Waals surface area contributed by atoms with Gasteiger partial charge in [-0.05, 0) is 50.8 Å². The number of carbonyl (C=O) groups is 1. The quantitative estimate of drug-likeness (QED) is 0.808. The van der Waals surface area contributed by atoms with Gasteiger partial charge in [-0.25, -0.2) is 4.39 Å². The van der Waals surface area contributed by atoms with Gasteiger partial charge in [0.25, 0.3) is 5.91 Å². The van der Waals surface area contributed by atoms with Crippen molar-refractivity contribution in [2.24, 2.45) is 0 Å². The van der Waals surface area contributed by atoms with Gasteiger partial charge < -0.3 is 15.0 Å². The molecule has 4 rings (SSSR count). The van der Waals surface area contributed by atoms with E-state index in [9.17, 15) is 9.18 Å². The molecule has 1 aliphatic heterocycles. The van der Waals surface area contributed by atoms with E-state index in [0.29, 0.717) is 38.4 Å². The number of aryl methyl sites for hydroxylation is 1. The number of halogens is 1. The largest absolute Gasteiger partial charge is 0.378 e. The lowest BCUT2D eigenvalue weighted by molar-refractivity contribution is 0.0297. The first kappa shape index (κ1) is 20.0. The highest BCUT2D eigenvalue weighted by molar-refractivity contribution is 5.94. The van der Waals surface area contributed by atoms with Gasteiger partial charge in [-0.2, -0.15) is 5.10 Å². The van der Waals surface area contributed by atoms with Crippen molar-refractivity contribution in [2.75, 3.05) is 32.8 Å². The number of benzene rings is 1. The van der Waals surface area contributed by atoms with Crippen LogP contribution in [0.25, 0.3) is 0 Å². The van der Waals surface area contributed by atoms with Crippen LogP contribution in [0.1, 0.15) is 40.7 Å². The monoisotopic (exact) mass is 400 g/mol. The number of nitrogens with zero attached hydrogens (tertiary/aromatic N) is 3. The van der Waals surface area contributed by atoms with Gasteiger partial charge in [-0.15, -0.1) is 0 Å². The Labute approximate surface area is 171 Å². The Morgan fingerprint density at radius 1 is 1.31 bits per heavy atom. The molecule has 6 nitrogen and oxygen atoms in total. The predicted octanol–water partition coefficient (Wildman–Crippen LogP) is 2.20. The number of carbonyl (C=O) groups excluding carboxylic acids is 1. The summed E-state index contributed by atoms with van der Waals surface area (Å²) in [5, 5.41) is 8.23. The van der Waals surface area contributed by atoms with E-state index in [4.69, 9.17) is 4.74 Å². The van der Waals surface area contributed by atoms with E-state index in [1.807, 2.05) is 21.7 Å². The average Bonchev–Trinajstić information content (AvgIpc) is 3.13. The molecule has 2 aliphatic rings. The summed E-state index contributed by atoms with van der Waals surface area (Å²) < 4.78 is 21.2. The summed E-state index contributed by atoms with van der Waals surface area (Å²) in [6, 6.07) is 7.20. The summed E-state index contributed by atoms with van der Waals surface area (Å²) >= 11 is 0. The Balaban J connectivity index is 1.44. The average molecular weight is 400 g/mol. The molecule has 1 amide bonds. The van der Waals surface area contributed by atoms with Gasteiger partial charge in [-0.1, -0.05) is 18.2 Å². The second-order valence-electron chi connectivity index (χ2n) is 7.73. The number of morpholine rings is 1. The van der Waals surface area contributed by atoms with Crippen molar-refractivity contribution in [2.45, 2.75) is 45.2 Å². The van der Waals surface area contributed by atoms with Gasteiger partial charge in [0.1, 0.15) is 5.82 Å². The van der Waals surface area contributed by atoms with Gasteiger partial charge in [0, 0.05) is 36.9 Å². The number of hydrogen-bond donors (Lipinski definition) is 1. The van der Waals surface area contributed by atoms with E-state index in [1.54, 1.807) is 6.07 Å². The summed E-state index contributed by atoms with van der Waals surface area (Å²) in [6.45, 7) is 5.97. The second kappa shape index (κ2) is 9.05. The third-order valence-corrected chi connectivity index (χ3v) is 5.93. The molecule has 0 unspecified atom stereocenters. The van der Waals surface area contributed by atoms with Crippen molar-refractivity contribution in [3.63, 3.8) is 0 Å². The van der Waals surface area contributed by atoms with Crippen molar-refractivity contribution in [1.29, 1.82) is 0 Å². The van der Waals surface area contributed by atoms with E-state index in [-0.39, 0.29) is 17.8 Å². The lowest BCUT2D eigenvalue weighted by Gasteiger charge is -2.28. The standard InChI is InChI=1S/C22H29FN4O2/c1-2-27-20-8-7-17(24-10-9-16-5-3-4-6-19(16)23)15-18(20)21(25-27)22(28)26-11-13-29-14-12-26/h3-6,17,24H,2,7-15H2,1H3/t17-/m1/s1. The molecule has 0 spiro atoms. The van der Waals surface area contributed by atoms with Crippen LogP contribution in [0.4, 0.5) is 4.39 Å². The molecule has 0 radical (unpaired) electrons. The predicted molar refractivity (Wildman–Crippen MR) is 109 cm³/mol. The molecule has 1 fully saturated rings. The normalized spacial score (nSPS) is 19.2. The Morgan fingerprint density at radius 2 is 2.10 bits per heavy atom. The van der Waals surface area contributed by atoms with Gasteiger partial charge in [0.2, 0.25) is 0 Å². The Hall–Kier alpha value is -2.25. The van der Waals surface area contributed by atoms with Crippen LogP contribution >= 0.6 is 0 Å². The molecule has 156 valence electrons. The van der Waals surface area contributed by atoms with Crippen LogP contribution in [0.3, 0.4) is 0 Å². The second-order valence-corrected chi connectivity index (χ2v) is 7.73. The van der Waals surface area contributed by atoms with Crippen LogP contribution in [-0.4, -0.2) is 59.5 Å². The maximum atomic E-state index is 13.8. The lowest BCUT2D eigenvalue weighted by Crippen LogP contribution is -2.42. The van der Waals surface area contributed by atoms with Crippen LogP contribution in [0.2, 0.25) is 0 Å². The van der Waals surface area contributed by atoms with E-state index >= 15 is 0 Å². The van der Waals surface area contributed by atoms with E-state index in [2.05, 4.69) is 17.3 Å². The molecule has 0 bridgehead atoms. The third-order valence-electron chi connectivity index (χ3n) is 5.93. The fourth-order valence-electron chi connectivity index (χ4n) is 4.32. The number of rotatable bonds is 6. The maximum absolute atomic E-state index is 13.8. The summed E-state index contributed by atoms with van der Waals surface area (Å²) in [4.78, 5) is 14.9. The molecule has 1 aromatic carbocycles. The fraction of sp³-hybridized carbons (Fsp3) is 0.545. The summed E-state index contributed by atoms with van der Waals surface area (Å²) in [6.07, 6.45) is 3.35. The zero-order valence-corrected chi connectivity index (χ0v) is 17.0. The van der Waals surface area contributed by atoms with Crippen LogP contribution < -0.4 is 5.32 Å². The molecule has 0 saturated carbocycles. The minimum Gasteiger partial charge on any atom is -0.378 e. The van der Waals surface area contributed by atoms with Crippen molar-refractivity contribution in [3.05, 3.63) is 52.6 Å². The van der Waals surface area contributed by atoms with Gasteiger partial charge >= 0.3 is 0 Å². The van der Waals surface area contributed by atoms with Gasteiger partial charge in [0.05, 0.1) is 13.2 Å². The zero-order chi connectivity index (χ0) is 20.2. The highest BCUT2D eigenvalue weighted by Gasteiger charge is 2.31. The molecule has 2 aromatic rings. The molecular formula is C22H29FN4O2. The maximum Gasteiger partial charge on any atom is 0.274 e. The van der Waals surface area contributed by atoms with Crippen LogP contribution in [0, 0.1) is 5.82 Å². The molecule has 1 aromatic heterocycles. The van der Waals surface area contributed by atoms with Crippen LogP contribution in [-0.2, 0) is 30.5 Å². The lowest BCUT2D eigenvalue weighted by atomic mass is 9.91. The molecule has 7 heteroatoms. The molecule has 1 saturated heterocycles. The molecule has 2 heterocycles. The minimum atomic E-state index is -0.150. The Bertz CT molecular complexity index is 860. The van der Waals surface area contributed by atoms with Crippen molar-refractivity contribution >= 4 is 5.91 Å². The summed E-state index contributed by atoms with van der Waals surface area (Å²) in [7, 11) is 0. The zero-order valence-electron chi connectivity index (χ0n) is 17.0. The summed E-state index contributed by atoms with van der Waals surface area (Å²) in [5.41, 5.74) is 3.61. The Morgan fingerprint density at radius 3 is 2.86 bits per heavy atom. The van der Waals surface area contributed by atoms with Crippen molar-refractivity contribution < 1.29 is 13.9 Å². The SMILES string of the molecule is CCn1nc(C(=O)N2CCOCC2)c2c1CC[C@@H](NCCc1ccccc1F)C2. The molecular weight excluding hydrogens is 371 g/mol. The highest BCUT2D eigenvalue weighted by atomic mass is 19.1. The van der Waals surface area contributed by atoms with E-state index < -0.39 is 0 Å². The minimum absolute atomic E-state index is 0.0174. The van der Waals surface area contributed by atoms with Gasteiger partial charge in [-0.3, -0.25) is 9.48 Å². The topological polar surface area (TPSA) is 59.4 Å². The molecule has 29 heavy (non-hydrogen) atoms. The Kier molecular flexibility index (Phi) is 6.25. The number of ether oxygens (including phenoxy) is 1. The van der Waals surface area contributed by atoms with E-state index in [0.717, 1.165) is 43.5 Å². The number of hydrogen-bond acceptors (Lipinski definition) is 4. The summed E-state index contributed by atoms with van der Waals surface area (Å²) in [5.74, 6) is -0.133. The third kappa shape index (κ3) is 4.36. The number of nitrogens with one attached hydrogen (secondary N) is 1. The van der Waals surface area contributed by atoms with Crippen molar-refractivity contribution in [3.8, 4) is 0 Å². The number of amides is 1. The van der Waals surface area contributed by atoms with Crippen LogP contribution in [0.5, 0.6) is 0 Å². The first-order valence-corrected chi connectivity index (χ1v) is 10.6. The van der Waals surface area contributed by atoms with Crippen molar-refractivity contribution in [1.82, 2.24) is 20.0 Å². The molecule has 1 N–H and O–H groups in total. The van der Waals surface area contributed by atoms with Crippen LogP contribution in [0.15, 0.2) is 24.3 Å². The fourth-order valence-corrected chi connectivity index (χ4v) is 4.32. The van der Waals surface area contributed by atoms with E-state index in [1.165, 1.54) is 11.8 Å².